The van der Waals surface area contributed by atoms with Crippen molar-refractivity contribution in [1.82, 2.24) is 9.80 Å². The summed E-state index contributed by atoms with van der Waals surface area (Å²) >= 11 is 0. The van der Waals surface area contributed by atoms with Crippen LogP contribution in [-0.4, -0.2) is 76.7 Å². The maximum absolute atomic E-state index is 12.6. The van der Waals surface area contributed by atoms with Gasteiger partial charge in [0.1, 0.15) is 5.75 Å². The van der Waals surface area contributed by atoms with Crippen molar-refractivity contribution in [3.8, 4) is 5.75 Å². The summed E-state index contributed by atoms with van der Waals surface area (Å²) in [6, 6.07) is 14.9. The molecule has 178 valence electrons. The van der Waals surface area contributed by atoms with Crippen molar-refractivity contribution in [3.63, 3.8) is 0 Å². The van der Waals surface area contributed by atoms with E-state index in [1.54, 1.807) is 0 Å². The number of benzene rings is 2. The van der Waals surface area contributed by atoms with Crippen LogP contribution < -0.4 is 4.74 Å². The van der Waals surface area contributed by atoms with Gasteiger partial charge in [-0.25, -0.2) is 9.59 Å². The molecule has 1 heterocycles. The first-order chi connectivity index (χ1) is 15.8. The number of carboxylic acid groups (broad SMARTS) is 2. The number of hydrogen-bond donors (Lipinski definition) is 2. The van der Waals surface area contributed by atoms with Gasteiger partial charge in [0.2, 0.25) is 0 Å². The Hall–Kier alpha value is -3.13. The van der Waals surface area contributed by atoms with Crippen LogP contribution in [0.1, 0.15) is 32.6 Å². The highest BCUT2D eigenvalue weighted by atomic mass is 16.5. The Labute approximate surface area is 193 Å². The molecule has 1 amide bonds. The summed E-state index contributed by atoms with van der Waals surface area (Å²) in [6.07, 6.45) is 5.40. The van der Waals surface area contributed by atoms with Crippen LogP contribution in [0.4, 0.5) is 0 Å². The zero-order valence-corrected chi connectivity index (χ0v) is 19.0. The monoisotopic (exact) mass is 456 g/mol. The Morgan fingerprint density at radius 1 is 0.909 bits per heavy atom. The van der Waals surface area contributed by atoms with Crippen LogP contribution in [0, 0.1) is 5.92 Å². The fourth-order valence-electron chi connectivity index (χ4n) is 4.64. The second-order valence-electron chi connectivity index (χ2n) is 8.65. The molecule has 0 spiro atoms. The van der Waals surface area contributed by atoms with Crippen molar-refractivity contribution < 1.29 is 29.3 Å². The molecular weight excluding hydrogens is 424 g/mol. The van der Waals surface area contributed by atoms with Crippen LogP contribution in [0.3, 0.4) is 0 Å². The zero-order chi connectivity index (χ0) is 23.8. The number of nitrogens with zero attached hydrogens (tertiary/aromatic N) is 2. The highest BCUT2D eigenvalue weighted by molar-refractivity contribution is 6.27. The SMILES string of the molecule is CC1CCCCC1N1CCN(C(=O)COc2ccc3ccccc3c2)CC1.O=C(O)C(=O)O. The summed E-state index contributed by atoms with van der Waals surface area (Å²) in [5, 5.41) is 17.1. The minimum atomic E-state index is -1.82. The molecule has 2 unspecified atom stereocenters. The zero-order valence-electron chi connectivity index (χ0n) is 19.0. The Bertz CT molecular complexity index is 958. The molecule has 0 aromatic heterocycles. The van der Waals surface area contributed by atoms with E-state index < -0.39 is 11.9 Å². The van der Waals surface area contributed by atoms with E-state index in [4.69, 9.17) is 24.5 Å². The molecule has 2 atom stereocenters. The Balaban J connectivity index is 0.000000454. The maximum atomic E-state index is 12.6. The van der Waals surface area contributed by atoms with Crippen LogP contribution in [0.2, 0.25) is 0 Å². The fourth-order valence-corrected chi connectivity index (χ4v) is 4.64. The lowest BCUT2D eigenvalue weighted by Crippen LogP contribution is -2.54. The van der Waals surface area contributed by atoms with Crippen molar-refractivity contribution >= 4 is 28.6 Å². The third-order valence-electron chi connectivity index (χ3n) is 6.47. The van der Waals surface area contributed by atoms with Crippen molar-refractivity contribution in [3.05, 3.63) is 42.5 Å². The van der Waals surface area contributed by atoms with E-state index in [0.717, 1.165) is 43.2 Å². The number of hydrogen-bond acceptors (Lipinski definition) is 5. The number of aliphatic carboxylic acids is 2. The van der Waals surface area contributed by atoms with Crippen molar-refractivity contribution in [2.24, 2.45) is 5.92 Å². The fraction of sp³-hybridized carbons (Fsp3) is 0.480. The van der Waals surface area contributed by atoms with E-state index >= 15 is 0 Å². The van der Waals surface area contributed by atoms with E-state index in [1.807, 2.05) is 35.2 Å². The molecule has 8 heteroatoms. The summed E-state index contributed by atoms with van der Waals surface area (Å²) in [4.78, 5) is 35.3. The predicted octanol–water partition coefficient (Wildman–Crippen LogP) is 3.10. The average molecular weight is 457 g/mol. The second kappa shape index (κ2) is 11.7. The quantitative estimate of drug-likeness (QED) is 0.681. The van der Waals surface area contributed by atoms with Gasteiger partial charge in [-0.2, -0.15) is 0 Å². The molecule has 2 N–H and O–H groups in total. The normalized spacial score (nSPS) is 21.1. The predicted molar refractivity (Wildman–Crippen MR) is 124 cm³/mol. The topological polar surface area (TPSA) is 107 Å². The largest absolute Gasteiger partial charge is 0.484 e. The Kier molecular flexibility index (Phi) is 8.65. The first-order valence-corrected chi connectivity index (χ1v) is 11.4. The number of carboxylic acids is 2. The molecule has 4 rings (SSSR count). The van der Waals surface area contributed by atoms with E-state index in [2.05, 4.69) is 24.0 Å². The highest BCUT2D eigenvalue weighted by Crippen LogP contribution is 2.28. The third kappa shape index (κ3) is 6.92. The van der Waals surface area contributed by atoms with Gasteiger partial charge >= 0.3 is 11.9 Å². The van der Waals surface area contributed by atoms with E-state index in [9.17, 15) is 4.79 Å². The first-order valence-electron chi connectivity index (χ1n) is 11.4. The number of carbonyl (C=O) groups is 3. The number of amides is 1. The van der Waals surface area contributed by atoms with Crippen molar-refractivity contribution in [1.29, 1.82) is 0 Å². The lowest BCUT2D eigenvalue weighted by molar-refractivity contribution is -0.159. The summed E-state index contributed by atoms with van der Waals surface area (Å²) < 4.78 is 5.78. The lowest BCUT2D eigenvalue weighted by Gasteiger charge is -2.43. The van der Waals surface area contributed by atoms with E-state index in [-0.39, 0.29) is 12.5 Å². The number of ether oxygens (including phenoxy) is 1. The highest BCUT2D eigenvalue weighted by Gasteiger charge is 2.30. The van der Waals surface area contributed by atoms with Crippen LogP contribution in [0.15, 0.2) is 42.5 Å². The lowest BCUT2D eigenvalue weighted by atomic mass is 9.84. The van der Waals surface area contributed by atoms with Crippen molar-refractivity contribution in [2.45, 2.75) is 38.6 Å². The van der Waals surface area contributed by atoms with Gasteiger partial charge in [-0.3, -0.25) is 9.69 Å². The standard InChI is InChI=1S/C23H30N2O2.C2H2O4/c1-18-6-2-5-9-22(18)24-12-14-25(15-13-24)23(26)17-27-21-11-10-19-7-3-4-8-20(19)16-21;3-1(4)2(5)6/h3-4,7-8,10-11,16,18,22H,2,5-6,9,12-15,17H2,1H3;(H,3,4)(H,5,6). The second-order valence-corrected chi connectivity index (χ2v) is 8.65. The summed E-state index contributed by atoms with van der Waals surface area (Å²) in [5.41, 5.74) is 0. The molecule has 8 nitrogen and oxygen atoms in total. The van der Waals surface area contributed by atoms with E-state index in [1.165, 1.54) is 31.1 Å². The number of fused-ring (bicyclic) bond motifs is 1. The van der Waals surface area contributed by atoms with Gasteiger partial charge in [0.25, 0.3) is 5.91 Å². The van der Waals surface area contributed by atoms with Gasteiger partial charge in [0, 0.05) is 32.2 Å². The summed E-state index contributed by atoms with van der Waals surface area (Å²) in [5.74, 6) is -2.00. The first kappa shape index (κ1) is 24.5. The van der Waals surface area contributed by atoms with Crippen LogP contribution in [0.5, 0.6) is 5.75 Å². The number of piperazine rings is 1. The molecule has 0 radical (unpaired) electrons. The molecule has 2 fully saturated rings. The van der Waals surface area contributed by atoms with Crippen molar-refractivity contribution in [2.75, 3.05) is 32.8 Å². The molecule has 1 aliphatic heterocycles. The number of carbonyl (C=O) groups excluding carboxylic acids is 1. The van der Waals surface area contributed by atoms with Crippen LogP contribution in [-0.2, 0) is 14.4 Å². The van der Waals surface area contributed by atoms with Crippen LogP contribution >= 0.6 is 0 Å². The van der Waals surface area contributed by atoms with Gasteiger partial charge in [-0.1, -0.05) is 50.1 Å². The van der Waals surface area contributed by atoms with Gasteiger partial charge < -0.3 is 19.8 Å². The smallest absolute Gasteiger partial charge is 0.414 e. The molecular formula is C25H32N2O6. The molecule has 1 saturated heterocycles. The van der Waals surface area contributed by atoms with Gasteiger partial charge in [-0.15, -0.1) is 0 Å². The molecule has 2 aromatic carbocycles. The maximum Gasteiger partial charge on any atom is 0.414 e. The molecule has 0 bridgehead atoms. The summed E-state index contributed by atoms with van der Waals surface area (Å²) in [7, 11) is 0. The Morgan fingerprint density at radius 2 is 1.55 bits per heavy atom. The minimum absolute atomic E-state index is 0.0968. The molecule has 2 aromatic rings. The van der Waals surface area contributed by atoms with Crippen LogP contribution in [0.25, 0.3) is 10.8 Å². The molecule has 1 aliphatic carbocycles. The average Bonchev–Trinajstić information content (AvgIpc) is 2.83. The van der Waals surface area contributed by atoms with Gasteiger partial charge in [-0.05, 0) is 41.7 Å². The Morgan fingerprint density at radius 3 is 2.18 bits per heavy atom. The molecule has 33 heavy (non-hydrogen) atoms. The summed E-state index contributed by atoms with van der Waals surface area (Å²) in [6.45, 7) is 6.15. The van der Waals surface area contributed by atoms with E-state index in [0.29, 0.717) is 6.04 Å². The number of rotatable bonds is 4. The minimum Gasteiger partial charge on any atom is -0.484 e. The van der Waals surface area contributed by atoms with Gasteiger partial charge in [0.05, 0.1) is 0 Å². The molecule has 1 saturated carbocycles. The third-order valence-corrected chi connectivity index (χ3v) is 6.47. The van der Waals surface area contributed by atoms with Gasteiger partial charge in [0.15, 0.2) is 6.61 Å². The molecule has 2 aliphatic rings.